The van der Waals surface area contributed by atoms with E-state index in [0.717, 1.165) is 67.2 Å². The van der Waals surface area contributed by atoms with Crippen molar-refractivity contribution in [2.45, 2.75) is 85.7 Å². The van der Waals surface area contributed by atoms with Crippen molar-refractivity contribution in [1.29, 1.82) is 0 Å². The standard InChI is InChI=1S/C25H35F3/c1-7-9-11-12-19(5)22-15-14-21(13-10-8-2)24(17-22)23(16-18(3)4)20(6)25(26,27)28/h14-17H,5,7-13H2,1-4,6H3/b23-20-. The Morgan fingerprint density at radius 3 is 2.18 bits per heavy atom. The Bertz CT molecular complexity index is 714. The normalized spacial score (nSPS) is 12.6. The summed E-state index contributed by atoms with van der Waals surface area (Å²) in [6.45, 7) is 13.3. The largest absolute Gasteiger partial charge is 0.413 e. The van der Waals surface area contributed by atoms with Gasteiger partial charge < -0.3 is 0 Å². The maximum absolute atomic E-state index is 13.6. The van der Waals surface area contributed by atoms with E-state index in [1.54, 1.807) is 6.08 Å². The van der Waals surface area contributed by atoms with Crippen molar-refractivity contribution in [2.24, 2.45) is 0 Å². The summed E-state index contributed by atoms with van der Waals surface area (Å²) >= 11 is 0. The summed E-state index contributed by atoms with van der Waals surface area (Å²) in [5, 5.41) is 0. The van der Waals surface area contributed by atoms with Crippen LogP contribution in [0.2, 0.25) is 0 Å². The van der Waals surface area contributed by atoms with Crippen LogP contribution in [0.15, 0.2) is 42.0 Å². The van der Waals surface area contributed by atoms with Gasteiger partial charge in [-0.25, -0.2) is 0 Å². The van der Waals surface area contributed by atoms with Crippen LogP contribution in [0.4, 0.5) is 13.2 Å². The van der Waals surface area contributed by atoms with Crippen LogP contribution >= 0.6 is 0 Å². The van der Waals surface area contributed by atoms with E-state index < -0.39 is 11.7 Å². The predicted molar refractivity (Wildman–Crippen MR) is 116 cm³/mol. The molecule has 0 aliphatic carbocycles. The molecular formula is C25H35F3. The van der Waals surface area contributed by atoms with Crippen LogP contribution in [0.5, 0.6) is 0 Å². The molecule has 0 aliphatic heterocycles. The summed E-state index contributed by atoms with van der Waals surface area (Å²) in [5.41, 5.74) is 4.20. The van der Waals surface area contributed by atoms with Gasteiger partial charge in [-0.15, -0.1) is 0 Å². The molecule has 1 aromatic carbocycles. The minimum atomic E-state index is -4.35. The predicted octanol–water partition coefficient (Wildman–Crippen LogP) is 8.92. The lowest BCUT2D eigenvalue weighted by Gasteiger charge is -2.18. The molecule has 0 unspecified atom stereocenters. The summed E-state index contributed by atoms with van der Waals surface area (Å²) in [5.74, 6) is 0. The van der Waals surface area contributed by atoms with Gasteiger partial charge in [0.05, 0.1) is 0 Å². The SMILES string of the molecule is C=C(CCCCC)c1ccc(CCCC)c(/C(C=C(C)C)=C(/C)C(F)(F)F)c1. The number of hydrogen-bond donors (Lipinski definition) is 0. The first-order chi connectivity index (χ1) is 13.1. The van der Waals surface area contributed by atoms with Gasteiger partial charge in [0.2, 0.25) is 0 Å². The van der Waals surface area contributed by atoms with Gasteiger partial charge in [-0.05, 0) is 80.4 Å². The van der Waals surface area contributed by atoms with Gasteiger partial charge in [0.1, 0.15) is 0 Å². The second kappa shape index (κ2) is 11.3. The Morgan fingerprint density at radius 1 is 1.00 bits per heavy atom. The first-order valence-electron chi connectivity index (χ1n) is 10.4. The fraction of sp³-hybridized carbons (Fsp3) is 0.520. The molecule has 0 spiro atoms. The highest BCUT2D eigenvalue weighted by Gasteiger charge is 2.33. The van der Waals surface area contributed by atoms with Crippen molar-refractivity contribution in [3.05, 3.63) is 58.7 Å². The maximum atomic E-state index is 13.6. The zero-order chi connectivity index (χ0) is 21.3. The first-order valence-corrected chi connectivity index (χ1v) is 10.4. The third kappa shape index (κ3) is 7.33. The maximum Gasteiger partial charge on any atom is 0.413 e. The van der Waals surface area contributed by atoms with E-state index >= 15 is 0 Å². The zero-order valence-corrected chi connectivity index (χ0v) is 18.1. The Morgan fingerprint density at radius 2 is 1.64 bits per heavy atom. The highest BCUT2D eigenvalue weighted by Crippen LogP contribution is 2.36. The molecule has 0 amide bonds. The van der Waals surface area contributed by atoms with Crippen LogP contribution in [-0.4, -0.2) is 6.18 Å². The Labute approximate surface area is 169 Å². The molecule has 0 bridgehead atoms. The Kier molecular flexibility index (Phi) is 9.78. The van der Waals surface area contributed by atoms with Gasteiger partial charge in [-0.2, -0.15) is 13.2 Å². The topological polar surface area (TPSA) is 0 Å². The molecule has 28 heavy (non-hydrogen) atoms. The fourth-order valence-corrected chi connectivity index (χ4v) is 3.19. The molecule has 0 aromatic heterocycles. The van der Waals surface area contributed by atoms with Gasteiger partial charge in [-0.3, -0.25) is 0 Å². The lowest BCUT2D eigenvalue weighted by atomic mass is 9.88. The van der Waals surface area contributed by atoms with E-state index in [1.807, 2.05) is 32.0 Å². The van der Waals surface area contributed by atoms with Crippen molar-refractivity contribution in [2.75, 3.05) is 0 Å². The molecule has 3 heteroatoms. The highest BCUT2D eigenvalue weighted by atomic mass is 19.4. The van der Waals surface area contributed by atoms with E-state index in [-0.39, 0.29) is 5.57 Å². The Balaban J connectivity index is 3.53. The summed E-state index contributed by atoms with van der Waals surface area (Å²) in [7, 11) is 0. The van der Waals surface area contributed by atoms with Crippen molar-refractivity contribution in [3.8, 4) is 0 Å². The number of allylic oxidation sites excluding steroid dienone is 5. The van der Waals surface area contributed by atoms with E-state index in [0.29, 0.717) is 5.56 Å². The van der Waals surface area contributed by atoms with Gasteiger partial charge in [0.15, 0.2) is 0 Å². The van der Waals surface area contributed by atoms with Gasteiger partial charge in [0.25, 0.3) is 0 Å². The van der Waals surface area contributed by atoms with Crippen LogP contribution in [0.1, 0.15) is 89.8 Å². The number of halogens is 3. The van der Waals surface area contributed by atoms with Crippen LogP contribution in [0.25, 0.3) is 11.1 Å². The highest BCUT2D eigenvalue weighted by molar-refractivity contribution is 5.81. The molecule has 0 fully saturated rings. The lowest BCUT2D eigenvalue weighted by Crippen LogP contribution is -2.12. The molecule has 0 N–H and O–H groups in total. The quantitative estimate of drug-likeness (QED) is 0.275. The van der Waals surface area contributed by atoms with Gasteiger partial charge in [-0.1, -0.05) is 63.5 Å². The minimum Gasteiger partial charge on any atom is -0.166 e. The summed E-state index contributed by atoms with van der Waals surface area (Å²) < 4.78 is 40.7. The van der Waals surface area contributed by atoms with Gasteiger partial charge in [0, 0.05) is 5.57 Å². The van der Waals surface area contributed by atoms with E-state index in [2.05, 4.69) is 20.4 Å². The van der Waals surface area contributed by atoms with Crippen LogP contribution in [-0.2, 0) is 6.42 Å². The number of aryl methyl sites for hydroxylation is 1. The zero-order valence-electron chi connectivity index (χ0n) is 18.1. The molecule has 0 atom stereocenters. The average Bonchev–Trinajstić information content (AvgIpc) is 2.63. The molecule has 0 heterocycles. The number of hydrogen-bond acceptors (Lipinski definition) is 0. The average molecular weight is 393 g/mol. The summed E-state index contributed by atoms with van der Waals surface area (Å²) in [6.07, 6.45) is 4.25. The van der Waals surface area contributed by atoms with E-state index in [9.17, 15) is 13.2 Å². The van der Waals surface area contributed by atoms with Crippen LogP contribution in [0.3, 0.4) is 0 Å². The second-order valence-corrected chi connectivity index (χ2v) is 7.79. The van der Waals surface area contributed by atoms with Crippen molar-refractivity contribution in [3.63, 3.8) is 0 Å². The third-order valence-corrected chi connectivity index (χ3v) is 4.95. The van der Waals surface area contributed by atoms with Gasteiger partial charge >= 0.3 is 6.18 Å². The Hall–Kier alpha value is -1.77. The van der Waals surface area contributed by atoms with Crippen LogP contribution in [0, 0.1) is 0 Å². The smallest absolute Gasteiger partial charge is 0.166 e. The molecule has 0 nitrogen and oxygen atoms in total. The third-order valence-electron chi connectivity index (χ3n) is 4.95. The summed E-state index contributed by atoms with van der Waals surface area (Å²) in [4.78, 5) is 0. The molecule has 0 saturated carbocycles. The molecule has 0 radical (unpaired) electrons. The molecule has 156 valence electrons. The van der Waals surface area contributed by atoms with E-state index in [4.69, 9.17) is 0 Å². The minimum absolute atomic E-state index is 0.279. The number of benzene rings is 1. The van der Waals surface area contributed by atoms with Crippen molar-refractivity contribution < 1.29 is 13.2 Å². The fourth-order valence-electron chi connectivity index (χ4n) is 3.19. The first kappa shape index (κ1) is 24.3. The van der Waals surface area contributed by atoms with E-state index in [1.165, 1.54) is 6.92 Å². The summed E-state index contributed by atoms with van der Waals surface area (Å²) in [6, 6.07) is 5.93. The number of unbranched alkanes of at least 4 members (excludes halogenated alkanes) is 3. The van der Waals surface area contributed by atoms with Crippen molar-refractivity contribution >= 4 is 11.1 Å². The van der Waals surface area contributed by atoms with Crippen LogP contribution < -0.4 is 0 Å². The molecule has 0 aliphatic rings. The molecular weight excluding hydrogens is 357 g/mol. The number of rotatable bonds is 10. The number of alkyl halides is 3. The second-order valence-electron chi connectivity index (χ2n) is 7.79. The molecule has 0 saturated heterocycles. The van der Waals surface area contributed by atoms with Crippen molar-refractivity contribution in [1.82, 2.24) is 0 Å². The lowest BCUT2D eigenvalue weighted by molar-refractivity contribution is -0.0906. The monoisotopic (exact) mass is 392 g/mol. The molecule has 1 aromatic rings. The molecule has 1 rings (SSSR count).